The first-order chi connectivity index (χ1) is 12.9. The fourth-order valence-corrected chi connectivity index (χ4v) is 5.30. The summed E-state index contributed by atoms with van der Waals surface area (Å²) in [5.41, 5.74) is 0. The van der Waals surface area contributed by atoms with Crippen LogP contribution in [0.3, 0.4) is 0 Å². The molecule has 27 heavy (non-hydrogen) atoms. The largest absolute Gasteiger partial charge is 0.376 e. The molecule has 0 aromatic carbocycles. The molecular formula is C18H31N5O3S. The maximum absolute atomic E-state index is 12.2. The standard InChI is InChI=1S/C18H31N5O3S/c1-4-20-27(24,25)14-8-10-23(12-14)18-19-9-7-16(22-18)21-15-6-5-11-26-17(15)13(2)3/h7,9,13-15,17,20H,4-6,8,10-12H2,1-3H3,(H,19,21,22)/t14-,15-,17-/m1/s1. The summed E-state index contributed by atoms with van der Waals surface area (Å²) < 4.78 is 33.0. The predicted octanol–water partition coefficient (Wildman–Crippen LogP) is 1.61. The van der Waals surface area contributed by atoms with Gasteiger partial charge in [-0.25, -0.2) is 18.1 Å². The third kappa shape index (κ3) is 4.89. The first-order valence-corrected chi connectivity index (χ1v) is 11.4. The summed E-state index contributed by atoms with van der Waals surface area (Å²) in [4.78, 5) is 10.9. The monoisotopic (exact) mass is 397 g/mol. The molecule has 0 radical (unpaired) electrons. The van der Waals surface area contributed by atoms with Crippen molar-refractivity contribution < 1.29 is 13.2 Å². The normalized spacial score (nSPS) is 26.5. The van der Waals surface area contributed by atoms with Crippen LogP contribution in [0, 0.1) is 5.92 Å². The van der Waals surface area contributed by atoms with E-state index in [0.29, 0.717) is 37.9 Å². The molecule has 3 rings (SSSR count). The maximum atomic E-state index is 12.2. The number of aromatic nitrogens is 2. The van der Waals surface area contributed by atoms with Gasteiger partial charge >= 0.3 is 0 Å². The highest BCUT2D eigenvalue weighted by molar-refractivity contribution is 7.90. The van der Waals surface area contributed by atoms with Crippen molar-refractivity contribution in [1.82, 2.24) is 14.7 Å². The van der Waals surface area contributed by atoms with E-state index in [4.69, 9.17) is 4.74 Å². The highest BCUT2D eigenvalue weighted by Gasteiger charge is 2.34. The van der Waals surface area contributed by atoms with Gasteiger partial charge in [-0.15, -0.1) is 0 Å². The lowest BCUT2D eigenvalue weighted by molar-refractivity contribution is -0.0203. The molecular weight excluding hydrogens is 366 g/mol. The van der Waals surface area contributed by atoms with E-state index in [1.54, 1.807) is 13.1 Å². The zero-order valence-corrected chi connectivity index (χ0v) is 17.2. The van der Waals surface area contributed by atoms with E-state index in [2.05, 4.69) is 33.9 Å². The van der Waals surface area contributed by atoms with Gasteiger partial charge in [0.05, 0.1) is 17.4 Å². The molecule has 9 heteroatoms. The van der Waals surface area contributed by atoms with Crippen LogP contribution in [0.25, 0.3) is 0 Å². The number of sulfonamides is 1. The van der Waals surface area contributed by atoms with Gasteiger partial charge in [-0.1, -0.05) is 20.8 Å². The molecule has 2 fully saturated rings. The second-order valence-corrected chi connectivity index (χ2v) is 9.66. The fourth-order valence-electron chi connectivity index (χ4n) is 3.87. The minimum Gasteiger partial charge on any atom is -0.376 e. The molecule has 0 aliphatic carbocycles. The molecule has 152 valence electrons. The Balaban J connectivity index is 1.67. The van der Waals surface area contributed by atoms with Crippen LogP contribution in [0.4, 0.5) is 11.8 Å². The molecule has 2 aliphatic rings. The third-order valence-electron chi connectivity index (χ3n) is 5.21. The first kappa shape index (κ1) is 20.3. The molecule has 1 aromatic rings. The van der Waals surface area contributed by atoms with Crippen LogP contribution in [0.2, 0.25) is 0 Å². The molecule has 0 bridgehead atoms. The van der Waals surface area contributed by atoms with Crippen molar-refractivity contribution >= 4 is 21.8 Å². The summed E-state index contributed by atoms with van der Waals surface area (Å²) >= 11 is 0. The van der Waals surface area contributed by atoms with Crippen molar-refractivity contribution in [3.8, 4) is 0 Å². The average molecular weight is 398 g/mol. The van der Waals surface area contributed by atoms with E-state index >= 15 is 0 Å². The van der Waals surface area contributed by atoms with Crippen molar-refractivity contribution in [2.24, 2.45) is 5.92 Å². The Hall–Kier alpha value is -1.45. The van der Waals surface area contributed by atoms with E-state index in [1.165, 1.54) is 0 Å². The molecule has 2 saturated heterocycles. The summed E-state index contributed by atoms with van der Waals surface area (Å²) in [7, 11) is -3.28. The SMILES string of the molecule is CCNS(=O)(=O)[C@@H]1CCN(c2nccc(N[C@@H]3CCCO[C@@H]3C(C)C)n2)C1. The summed E-state index contributed by atoms with van der Waals surface area (Å²) in [5.74, 6) is 1.77. The summed E-state index contributed by atoms with van der Waals surface area (Å²) in [5, 5.41) is 3.08. The average Bonchev–Trinajstić information content (AvgIpc) is 3.13. The van der Waals surface area contributed by atoms with E-state index in [-0.39, 0.29) is 12.1 Å². The maximum Gasteiger partial charge on any atom is 0.227 e. The number of rotatable bonds is 7. The zero-order valence-electron chi connectivity index (χ0n) is 16.4. The second kappa shape index (κ2) is 8.70. The molecule has 0 unspecified atom stereocenters. The molecule has 2 aliphatic heterocycles. The smallest absolute Gasteiger partial charge is 0.227 e. The molecule has 1 aromatic heterocycles. The number of hydrogen-bond donors (Lipinski definition) is 2. The van der Waals surface area contributed by atoms with Crippen LogP contribution in [-0.2, 0) is 14.8 Å². The highest BCUT2D eigenvalue weighted by Crippen LogP contribution is 2.25. The van der Waals surface area contributed by atoms with Gasteiger partial charge < -0.3 is 15.0 Å². The molecule has 2 N–H and O–H groups in total. The summed E-state index contributed by atoms with van der Waals surface area (Å²) in [6, 6.07) is 2.08. The molecule has 8 nitrogen and oxygen atoms in total. The Morgan fingerprint density at radius 1 is 1.37 bits per heavy atom. The topological polar surface area (TPSA) is 96.5 Å². The summed E-state index contributed by atoms with van der Waals surface area (Å²) in [6.45, 7) is 8.42. The number of nitrogens with zero attached hydrogens (tertiary/aromatic N) is 3. The Labute approximate surface area is 162 Å². The number of anilines is 2. The van der Waals surface area contributed by atoms with Crippen LogP contribution in [0.5, 0.6) is 0 Å². The Bertz CT molecular complexity index is 727. The minimum atomic E-state index is -3.28. The van der Waals surface area contributed by atoms with Gasteiger partial charge in [0.1, 0.15) is 5.82 Å². The van der Waals surface area contributed by atoms with Crippen molar-refractivity contribution in [2.75, 3.05) is 36.5 Å². The lowest BCUT2D eigenvalue weighted by Gasteiger charge is -2.35. The van der Waals surface area contributed by atoms with Gasteiger partial charge in [-0.2, -0.15) is 4.98 Å². The van der Waals surface area contributed by atoms with E-state index in [0.717, 1.165) is 25.3 Å². The van der Waals surface area contributed by atoms with E-state index in [9.17, 15) is 8.42 Å². The minimum absolute atomic E-state index is 0.165. The molecule has 0 spiro atoms. The van der Waals surface area contributed by atoms with Crippen LogP contribution < -0.4 is 14.9 Å². The Kier molecular flexibility index (Phi) is 6.54. The van der Waals surface area contributed by atoms with Crippen molar-refractivity contribution in [2.45, 2.75) is 57.4 Å². The number of ether oxygens (including phenoxy) is 1. The van der Waals surface area contributed by atoms with Gasteiger partial charge in [0, 0.05) is 32.4 Å². The van der Waals surface area contributed by atoms with Gasteiger partial charge in [0.2, 0.25) is 16.0 Å². The first-order valence-electron chi connectivity index (χ1n) is 9.85. The molecule has 3 heterocycles. The number of nitrogens with one attached hydrogen (secondary N) is 2. The fraction of sp³-hybridized carbons (Fsp3) is 0.778. The quantitative estimate of drug-likeness (QED) is 0.721. The Morgan fingerprint density at radius 3 is 2.93 bits per heavy atom. The van der Waals surface area contributed by atoms with Crippen LogP contribution >= 0.6 is 0 Å². The summed E-state index contributed by atoms with van der Waals surface area (Å²) in [6.07, 6.45) is 4.57. The van der Waals surface area contributed by atoms with Gasteiger partial charge in [-0.05, 0) is 31.2 Å². The van der Waals surface area contributed by atoms with Crippen molar-refractivity contribution in [3.63, 3.8) is 0 Å². The third-order valence-corrected chi connectivity index (χ3v) is 7.17. The lowest BCUT2D eigenvalue weighted by Crippen LogP contribution is -2.43. The lowest BCUT2D eigenvalue weighted by atomic mass is 9.94. The van der Waals surface area contributed by atoms with Crippen LogP contribution in [0.1, 0.15) is 40.0 Å². The second-order valence-electron chi connectivity index (χ2n) is 7.61. The molecule has 3 atom stereocenters. The van der Waals surface area contributed by atoms with Gasteiger partial charge in [0.15, 0.2) is 0 Å². The van der Waals surface area contributed by atoms with E-state index < -0.39 is 15.3 Å². The predicted molar refractivity (Wildman–Crippen MR) is 106 cm³/mol. The van der Waals surface area contributed by atoms with Gasteiger partial charge in [0.25, 0.3) is 0 Å². The molecule has 0 amide bonds. The number of hydrogen-bond acceptors (Lipinski definition) is 7. The van der Waals surface area contributed by atoms with Crippen LogP contribution in [-0.4, -0.2) is 62.0 Å². The van der Waals surface area contributed by atoms with Gasteiger partial charge in [-0.3, -0.25) is 0 Å². The van der Waals surface area contributed by atoms with Crippen molar-refractivity contribution in [1.29, 1.82) is 0 Å². The Morgan fingerprint density at radius 2 is 2.19 bits per heavy atom. The van der Waals surface area contributed by atoms with Crippen molar-refractivity contribution in [3.05, 3.63) is 12.3 Å². The van der Waals surface area contributed by atoms with Crippen LogP contribution in [0.15, 0.2) is 12.3 Å². The molecule has 0 saturated carbocycles. The zero-order chi connectivity index (χ0) is 19.4. The van der Waals surface area contributed by atoms with E-state index in [1.807, 2.05) is 11.0 Å². The highest BCUT2D eigenvalue weighted by atomic mass is 32.2.